The van der Waals surface area contributed by atoms with E-state index < -0.39 is 0 Å². The smallest absolute Gasteiger partial charge is 0.339 e. The first-order valence-electron chi connectivity index (χ1n) is 6.44. The summed E-state index contributed by atoms with van der Waals surface area (Å²) in [6.07, 6.45) is 3.33. The van der Waals surface area contributed by atoms with Gasteiger partial charge in [0.05, 0.1) is 18.4 Å². The second-order valence-electron chi connectivity index (χ2n) is 4.36. The van der Waals surface area contributed by atoms with Crippen LogP contribution in [-0.2, 0) is 4.74 Å². The fraction of sp³-hybridized carbons (Fsp3) is 0.571. The highest BCUT2D eigenvalue weighted by Gasteiger charge is 2.12. The number of hydrogen-bond acceptors (Lipinski definition) is 4. The molecule has 4 nitrogen and oxygen atoms in total. The molecule has 0 saturated heterocycles. The number of ether oxygens (including phenoxy) is 1. The van der Waals surface area contributed by atoms with E-state index >= 15 is 0 Å². The average molecular weight is 250 g/mol. The van der Waals surface area contributed by atoms with Gasteiger partial charge in [-0.05, 0) is 31.9 Å². The molecular weight excluding hydrogens is 228 g/mol. The molecule has 0 bridgehead atoms. The second-order valence-corrected chi connectivity index (χ2v) is 4.36. The SMILES string of the molecule is CCCC(CC)Nc1ccc(C(=O)OC)c(C)n1. The van der Waals surface area contributed by atoms with Crippen molar-refractivity contribution < 1.29 is 9.53 Å². The number of aromatic nitrogens is 1. The number of pyridine rings is 1. The second kappa shape index (κ2) is 6.99. The van der Waals surface area contributed by atoms with Gasteiger partial charge >= 0.3 is 5.97 Å². The molecule has 0 aliphatic heterocycles. The van der Waals surface area contributed by atoms with Crippen LogP contribution in [0.3, 0.4) is 0 Å². The van der Waals surface area contributed by atoms with Crippen molar-refractivity contribution in [3.63, 3.8) is 0 Å². The maximum absolute atomic E-state index is 11.4. The van der Waals surface area contributed by atoms with E-state index in [2.05, 4.69) is 24.1 Å². The largest absolute Gasteiger partial charge is 0.465 e. The third kappa shape index (κ3) is 3.72. The monoisotopic (exact) mass is 250 g/mol. The predicted octanol–water partition coefficient (Wildman–Crippen LogP) is 3.17. The van der Waals surface area contributed by atoms with E-state index in [-0.39, 0.29) is 5.97 Å². The minimum absolute atomic E-state index is 0.341. The first kappa shape index (κ1) is 14.5. The van der Waals surface area contributed by atoms with Crippen molar-refractivity contribution in [3.05, 3.63) is 23.4 Å². The van der Waals surface area contributed by atoms with Crippen LogP contribution in [-0.4, -0.2) is 24.1 Å². The molecule has 1 atom stereocenters. The molecule has 1 aromatic rings. The van der Waals surface area contributed by atoms with E-state index in [1.807, 2.05) is 13.0 Å². The summed E-state index contributed by atoms with van der Waals surface area (Å²) in [6, 6.07) is 4.03. The van der Waals surface area contributed by atoms with Crippen molar-refractivity contribution in [2.24, 2.45) is 0 Å². The van der Waals surface area contributed by atoms with Crippen LogP contribution in [0.1, 0.15) is 49.2 Å². The standard InChI is InChI=1S/C14H22N2O2/c1-5-7-11(6-2)16-13-9-8-12(10(3)15-13)14(17)18-4/h8-9,11H,5-7H2,1-4H3,(H,15,16). The van der Waals surface area contributed by atoms with Crippen LogP contribution in [0.5, 0.6) is 0 Å². The zero-order valence-corrected chi connectivity index (χ0v) is 11.6. The van der Waals surface area contributed by atoms with Gasteiger partial charge < -0.3 is 10.1 Å². The van der Waals surface area contributed by atoms with Crippen LogP contribution in [0.15, 0.2) is 12.1 Å². The third-order valence-electron chi connectivity index (χ3n) is 2.97. The summed E-state index contributed by atoms with van der Waals surface area (Å²) in [4.78, 5) is 15.8. The summed E-state index contributed by atoms with van der Waals surface area (Å²) in [7, 11) is 1.38. The minimum atomic E-state index is -0.341. The molecule has 4 heteroatoms. The number of aryl methyl sites for hydroxylation is 1. The first-order chi connectivity index (χ1) is 8.62. The third-order valence-corrected chi connectivity index (χ3v) is 2.97. The number of anilines is 1. The van der Waals surface area contributed by atoms with E-state index in [4.69, 9.17) is 4.74 Å². The van der Waals surface area contributed by atoms with Gasteiger partial charge in [0.1, 0.15) is 5.82 Å². The van der Waals surface area contributed by atoms with Crippen LogP contribution in [0.25, 0.3) is 0 Å². The molecule has 0 aliphatic carbocycles. The van der Waals surface area contributed by atoms with Crippen LogP contribution >= 0.6 is 0 Å². The Morgan fingerprint density at radius 1 is 1.44 bits per heavy atom. The molecule has 0 fully saturated rings. The van der Waals surface area contributed by atoms with Gasteiger partial charge in [-0.3, -0.25) is 0 Å². The molecule has 1 rings (SSSR count). The Bertz CT molecular complexity index is 405. The molecule has 0 aromatic carbocycles. The van der Waals surface area contributed by atoms with Crippen molar-refractivity contribution in [1.29, 1.82) is 0 Å². The minimum Gasteiger partial charge on any atom is -0.465 e. The fourth-order valence-corrected chi connectivity index (χ4v) is 1.90. The first-order valence-corrected chi connectivity index (χ1v) is 6.44. The van der Waals surface area contributed by atoms with Crippen molar-refractivity contribution in [1.82, 2.24) is 4.98 Å². The Hall–Kier alpha value is -1.58. The molecular formula is C14H22N2O2. The number of nitrogens with zero attached hydrogens (tertiary/aromatic N) is 1. The molecule has 0 radical (unpaired) electrons. The molecule has 0 amide bonds. The number of nitrogens with one attached hydrogen (secondary N) is 1. The van der Waals surface area contributed by atoms with E-state index in [0.717, 1.165) is 25.1 Å². The lowest BCUT2D eigenvalue weighted by atomic mass is 10.1. The number of hydrogen-bond donors (Lipinski definition) is 1. The highest BCUT2D eigenvalue weighted by Crippen LogP contribution is 2.14. The van der Waals surface area contributed by atoms with Crippen LogP contribution < -0.4 is 5.32 Å². The number of carbonyl (C=O) groups is 1. The van der Waals surface area contributed by atoms with Crippen molar-refractivity contribution >= 4 is 11.8 Å². The van der Waals surface area contributed by atoms with Crippen LogP contribution in [0.2, 0.25) is 0 Å². The quantitative estimate of drug-likeness (QED) is 0.788. The average Bonchev–Trinajstić information content (AvgIpc) is 2.37. The maximum Gasteiger partial charge on any atom is 0.339 e. The Balaban J connectivity index is 2.80. The van der Waals surface area contributed by atoms with Crippen molar-refractivity contribution in [3.8, 4) is 0 Å². The van der Waals surface area contributed by atoms with E-state index in [1.54, 1.807) is 6.07 Å². The number of esters is 1. The molecule has 1 aromatic heterocycles. The molecule has 0 spiro atoms. The number of carbonyl (C=O) groups excluding carboxylic acids is 1. The predicted molar refractivity (Wildman–Crippen MR) is 72.9 cm³/mol. The molecule has 0 saturated carbocycles. The zero-order valence-electron chi connectivity index (χ0n) is 11.6. The fourth-order valence-electron chi connectivity index (χ4n) is 1.90. The van der Waals surface area contributed by atoms with Gasteiger partial charge in [0, 0.05) is 6.04 Å². The van der Waals surface area contributed by atoms with Gasteiger partial charge in [-0.1, -0.05) is 20.3 Å². The summed E-state index contributed by atoms with van der Waals surface area (Å²) in [6.45, 7) is 6.14. The van der Waals surface area contributed by atoms with Crippen molar-refractivity contribution in [2.45, 2.75) is 46.1 Å². The molecule has 1 unspecified atom stereocenters. The van der Waals surface area contributed by atoms with Gasteiger partial charge in [-0.2, -0.15) is 0 Å². The van der Waals surface area contributed by atoms with Crippen LogP contribution in [0, 0.1) is 6.92 Å². The van der Waals surface area contributed by atoms with Crippen molar-refractivity contribution in [2.75, 3.05) is 12.4 Å². The van der Waals surface area contributed by atoms with E-state index in [0.29, 0.717) is 17.3 Å². The van der Waals surface area contributed by atoms with E-state index in [9.17, 15) is 4.79 Å². The Kier molecular flexibility index (Phi) is 5.62. The molecule has 0 aliphatic rings. The summed E-state index contributed by atoms with van der Waals surface area (Å²) in [5, 5.41) is 3.39. The van der Waals surface area contributed by atoms with Crippen LogP contribution in [0.4, 0.5) is 5.82 Å². The van der Waals surface area contributed by atoms with Gasteiger partial charge in [0.2, 0.25) is 0 Å². The number of methoxy groups -OCH3 is 1. The molecule has 1 N–H and O–H groups in total. The Labute approximate surface area is 109 Å². The summed E-state index contributed by atoms with van der Waals surface area (Å²) in [5.41, 5.74) is 1.21. The normalized spacial score (nSPS) is 12.0. The molecule has 100 valence electrons. The highest BCUT2D eigenvalue weighted by molar-refractivity contribution is 5.90. The molecule has 1 heterocycles. The van der Waals surface area contributed by atoms with Gasteiger partial charge in [0.15, 0.2) is 0 Å². The Morgan fingerprint density at radius 3 is 2.67 bits per heavy atom. The highest BCUT2D eigenvalue weighted by atomic mass is 16.5. The lowest BCUT2D eigenvalue weighted by Crippen LogP contribution is -2.19. The number of rotatable bonds is 6. The van der Waals surface area contributed by atoms with Gasteiger partial charge in [-0.25, -0.2) is 9.78 Å². The topological polar surface area (TPSA) is 51.2 Å². The lowest BCUT2D eigenvalue weighted by Gasteiger charge is -2.17. The van der Waals surface area contributed by atoms with Gasteiger partial charge in [-0.15, -0.1) is 0 Å². The van der Waals surface area contributed by atoms with E-state index in [1.165, 1.54) is 7.11 Å². The molecule has 18 heavy (non-hydrogen) atoms. The maximum atomic E-state index is 11.4. The summed E-state index contributed by atoms with van der Waals surface area (Å²) in [5.74, 6) is 0.479. The Morgan fingerprint density at radius 2 is 2.17 bits per heavy atom. The summed E-state index contributed by atoms with van der Waals surface area (Å²) >= 11 is 0. The lowest BCUT2D eigenvalue weighted by molar-refractivity contribution is 0.0599. The summed E-state index contributed by atoms with van der Waals surface area (Å²) < 4.78 is 4.70. The zero-order chi connectivity index (χ0) is 13.5. The van der Waals surface area contributed by atoms with Gasteiger partial charge in [0.25, 0.3) is 0 Å².